The second-order valence-corrected chi connectivity index (χ2v) is 8.57. The maximum Gasteiger partial charge on any atom is 0.264 e. The van der Waals surface area contributed by atoms with Gasteiger partial charge in [-0.1, -0.05) is 60.7 Å². The molecule has 1 amide bonds. The number of hydrogen-bond acceptors (Lipinski definition) is 5. The summed E-state index contributed by atoms with van der Waals surface area (Å²) in [6.45, 7) is 0.392. The van der Waals surface area contributed by atoms with Crippen LogP contribution in [0.25, 0.3) is 10.8 Å². The Balaban J connectivity index is 1.35. The highest BCUT2D eigenvalue weighted by Crippen LogP contribution is 2.44. The predicted molar refractivity (Wildman–Crippen MR) is 127 cm³/mol. The number of aliphatic hydroxyl groups is 1. The number of para-hydroxylation sites is 1. The Morgan fingerprint density at radius 3 is 2.59 bits per heavy atom. The van der Waals surface area contributed by atoms with Crippen LogP contribution in [-0.2, 0) is 16.9 Å². The van der Waals surface area contributed by atoms with E-state index < -0.39 is 11.5 Å². The number of fused-ring (bicyclic) bond motifs is 3. The zero-order valence-electron chi connectivity index (χ0n) is 18.2. The molecule has 4 aromatic carbocycles. The third-order valence-electron chi connectivity index (χ3n) is 6.56. The summed E-state index contributed by atoms with van der Waals surface area (Å²) in [5.41, 5.74) is 0.424. The molecule has 0 radical (unpaired) electrons. The van der Waals surface area contributed by atoms with Crippen molar-refractivity contribution in [3.05, 3.63) is 102 Å². The Morgan fingerprint density at radius 2 is 1.68 bits per heavy atom. The lowest BCUT2D eigenvalue weighted by Gasteiger charge is -2.23. The van der Waals surface area contributed by atoms with E-state index in [1.54, 1.807) is 41.3 Å². The molecular formula is C28H21NO5. The lowest BCUT2D eigenvalue weighted by Crippen LogP contribution is -2.41. The topological polar surface area (TPSA) is 76.1 Å². The van der Waals surface area contributed by atoms with E-state index in [0.717, 1.165) is 16.3 Å². The maximum absolute atomic E-state index is 13.7. The van der Waals surface area contributed by atoms with Crippen molar-refractivity contribution in [1.82, 2.24) is 0 Å². The number of amides is 1. The zero-order chi connectivity index (χ0) is 23.3. The summed E-state index contributed by atoms with van der Waals surface area (Å²) in [5.74, 6) is 0.194. The second kappa shape index (κ2) is 7.71. The Morgan fingerprint density at radius 1 is 0.912 bits per heavy atom. The van der Waals surface area contributed by atoms with E-state index >= 15 is 0 Å². The highest BCUT2D eigenvalue weighted by Gasteiger charge is 2.50. The van der Waals surface area contributed by atoms with Crippen LogP contribution in [0.5, 0.6) is 11.5 Å². The second-order valence-electron chi connectivity index (χ2n) is 8.57. The van der Waals surface area contributed by atoms with Crippen LogP contribution in [0.2, 0.25) is 0 Å². The van der Waals surface area contributed by atoms with Crippen LogP contribution in [-0.4, -0.2) is 23.6 Å². The molecule has 2 aliphatic heterocycles. The van der Waals surface area contributed by atoms with Gasteiger partial charge in [-0.15, -0.1) is 0 Å². The summed E-state index contributed by atoms with van der Waals surface area (Å²) in [6.07, 6.45) is -0.367. The van der Waals surface area contributed by atoms with Crippen LogP contribution in [0.3, 0.4) is 0 Å². The van der Waals surface area contributed by atoms with Gasteiger partial charge in [0.25, 0.3) is 5.91 Å². The molecule has 34 heavy (non-hydrogen) atoms. The molecule has 0 fully saturated rings. The van der Waals surface area contributed by atoms with Crippen molar-refractivity contribution >= 4 is 28.2 Å². The van der Waals surface area contributed by atoms with Crippen LogP contribution in [0.1, 0.15) is 27.9 Å². The number of benzene rings is 4. The molecule has 168 valence electrons. The minimum atomic E-state index is -1.95. The smallest absolute Gasteiger partial charge is 0.264 e. The van der Waals surface area contributed by atoms with E-state index in [0.29, 0.717) is 28.3 Å². The SMILES string of the molecule is O=C(CC1(O)C(=O)N(Cc2cccc3ccccc23)c2ccccc21)c1ccc2c(c1)OCO2. The summed E-state index contributed by atoms with van der Waals surface area (Å²) in [5, 5.41) is 13.8. The summed E-state index contributed by atoms with van der Waals surface area (Å²) in [4.78, 5) is 28.4. The van der Waals surface area contributed by atoms with Crippen molar-refractivity contribution in [2.75, 3.05) is 11.7 Å². The van der Waals surface area contributed by atoms with Crippen LogP contribution in [0.15, 0.2) is 84.9 Å². The number of hydrogen-bond donors (Lipinski definition) is 1. The molecule has 6 nitrogen and oxygen atoms in total. The fraction of sp³-hybridized carbons (Fsp3) is 0.143. The van der Waals surface area contributed by atoms with Crippen molar-refractivity contribution in [2.24, 2.45) is 0 Å². The van der Waals surface area contributed by atoms with Gasteiger partial charge in [-0.25, -0.2) is 0 Å². The zero-order valence-corrected chi connectivity index (χ0v) is 18.2. The molecule has 1 N–H and O–H groups in total. The molecule has 0 spiro atoms. The van der Waals surface area contributed by atoms with Gasteiger partial charge in [-0.3, -0.25) is 9.59 Å². The van der Waals surface area contributed by atoms with E-state index in [1.807, 2.05) is 48.5 Å². The van der Waals surface area contributed by atoms with Gasteiger partial charge < -0.3 is 19.5 Å². The molecule has 2 aliphatic rings. The molecule has 0 aromatic heterocycles. The van der Waals surface area contributed by atoms with Crippen molar-refractivity contribution < 1.29 is 24.2 Å². The third-order valence-corrected chi connectivity index (χ3v) is 6.56. The monoisotopic (exact) mass is 451 g/mol. The molecule has 6 heteroatoms. The summed E-state index contributed by atoms with van der Waals surface area (Å²) in [7, 11) is 0. The fourth-order valence-electron chi connectivity index (χ4n) is 4.84. The fourth-order valence-corrected chi connectivity index (χ4v) is 4.84. The standard InChI is InChI=1S/C28H21NO5/c30-24(19-12-13-25-26(14-19)34-17-33-25)15-28(32)22-10-3-4-11-23(22)29(27(28)31)16-20-8-5-7-18-6-1-2-9-21(18)20/h1-14,32H,15-17H2. The molecule has 1 atom stereocenters. The number of anilines is 1. The molecule has 2 heterocycles. The van der Waals surface area contributed by atoms with Gasteiger partial charge >= 0.3 is 0 Å². The van der Waals surface area contributed by atoms with E-state index in [2.05, 4.69) is 0 Å². The molecule has 0 aliphatic carbocycles. The highest BCUT2D eigenvalue weighted by atomic mass is 16.7. The first-order chi connectivity index (χ1) is 16.5. The van der Waals surface area contributed by atoms with Crippen molar-refractivity contribution in [3.63, 3.8) is 0 Å². The summed E-state index contributed by atoms with van der Waals surface area (Å²) < 4.78 is 10.7. The van der Waals surface area contributed by atoms with E-state index in [4.69, 9.17) is 9.47 Å². The van der Waals surface area contributed by atoms with E-state index in [-0.39, 0.29) is 25.5 Å². The molecule has 4 aromatic rings. The Hall–Kier alpha value is -4.16. The Kier molecular flexibility index (Phi) is 4.64. The summed E-state index contributed by atoms with van der Waals surface area (Å²) >= 11 is 0. The number of ketones is 1. The molecule has 0 bridgehead atoms. The van der Waals surface area contributed by atoms with Gasteiger partial charge in [0, 0.05) is 11.1 Å². The van der Waals surface area contributed by atoms with Gasteiger partial charge in [-0.05, 0) is 40.6 Å². The first-order valence-electron chi connectivity index (χ1n) is 11.1. The van der Waals surface area contributed by atoms with E-state index in [9.17, 15) is 14.7 Å². The first-order valence-corrected chi connectivity index (χ1v) is 11.1. The first kappa shape index (κ1) is 20.4. The third kappa shape index (κ3) is 3.15. The molecule has 6 rings (SSSR count). The van der Waals surface area contributed by atoms with Crippen molar-refractivity contribution in [3.8, 4) is 11.5 Å². The number of carbonyl (C=O) groups excluding carboxylic acids is 2. The van der Waals surface area contributed by atoms with Crippen molar-refractivity contribution in [1.29, 1.82) is 0 Å². The summed E-state index contributed by atoms with van der Waals surface area (Å²) in [6, 6.07) is 25.9. The number of ether oxygens (including phenoxy) is 2. The maximum atomic E-state index is 13.7. The van der Waals surface area contributed by atoms with Gasteiger partial charge in [0.15, 0.2) is 22.9 Å². The lowest BCUT2D eigenvalue weighted by molar-refractivity contribution is -0.136. The highest BCUT2D eigenvalue weighted by molar-refractivity contribution is 6.11. The minimum Gasteiger partial charge on any atom is -0.454 e. The molecule has 1 unspecified atom stereocenters. The average molecular weight is 451 g/mol. The minimum absolute atomic E-state index is 0.103. The average Bonchev–Trinajstić information content (AvgIpc) is 3.41. The van der Waals surface area contributed by atoms with Crippen LogP contribution in [0, 0.1) is 0 Å². The predicted octanol–water partition coefficient (Wildman–Crippen LogP) is 4.58. The molecule has 0 saturated carbocycles. The van der Waals surface area contributed by atoms with Crippen molar-refractivity contribution in [2.45, 2.75) is 18.6 Å². The van der Waals surface area contributed by atoms with Crippen LogP contribution in [0.4, 0.5) is 5.69 Å². The number of rotatable bonds is 5. The van der Waals surface area contributed by atoms with Gasteiger partial charge in [0.2, 0.25) is 6.79 Å². The number of nitrogens with zero attached hydrogens (tertiary/aromatic N) is 1. The Bertz CT molecular complexity index is 1460. The van der Waals surface area contributed by atoms with Crippen LogP contribution < -0.4 is 14.4 Å². The van der Waals surface area contributed by atoms with Gasteiger partial charge in [0.05, 0.1) is 18.7 Å². The van der Waals surface area contributed by atoms with Gasteiger partial charge in [-0.2, -0.15) is 0 Å². The van der Waals surface area contributed by atoms with Crippen LogP contribution >= 0.6 is 0 Å². The quantitative estimate of drug-likeness (QED) is 0.450. The Labute approximate surface area is 196 Å². The van der Waals surface area contributed by atoms with Gasteiger partial charge in [0.1, 0.15) is 0 Å². The largest absolute Gasteiger partial charge is 0.454 e. The number of carbonyl (C=O) groups is 2. The van der Waals surface area contributed by atoms with E-state index in [1.165, 1.54) is 0 Å². The molecular weight excluding hydrogens is 430 g/mol. The normalized spacial score (nSPS) is 18.4. The number of Topliss-reactive ketones (excluding diaryl/α,β-unsaturated/α-hetero) is 1. The lowest BCUT2D eigenvalue weighted by atomic mass is 9.88. The molecule has 0 saturated heterocycles.